The smallest absolute Gasteiger partial charge is 0.0992 e. The number of benzene rings is 1. The lowest BCUT2D eigenvalue weighted by Crippen LogP contribution is -2.28. The molecule has 0 aliphatic heterocycles. The van der Waals surface area contributed by atoms with E-state index < -0.39 is 6.10 Å². The van der Waals surface area contributed by atoms with Crippen molar-refractivity contribution in [1.82, 2.24) is 0 Å². The van der Waals surface area contributed by atoms with E-state index in [2.05, 4.69) is 17.9 Å². The molecular weight excluding hydrogens is 236 g/mol. The van der Waals surface area contributed by atoms with Crippen molar-refractivity contribution in [2.75, 3.05) is 11.4 Å². The zero-order valence-electron chi connectivity index (χ0n) is 11.8. The summed E-state index contributed by atoms with van der Waals surface area (Å²) in [6, 6.07) is 8.39. The first kappa shape index (κ1) is 13.9. The Morgan fingerprint density at radius 3 is 2.74 bits per heavy atom. The maximum absolute atomic E-state index is 9.94. The Labute approximate surface area is 115 Å². The van der Waals surface area contributed by atoms with Gasteiger partial charge in [-0.15, -0.1) is 0 Å². The van der Waals surface area contributed by atoms with Crippen molar-refractivity contribution >= 4 is 5.69 Å². The molecule has 0 radical (unpaired) electrons. The highest BCUT2D eigenvalue weighted by Gasteiger charge is 2.30. The second kappa shape index (κ2) is 6.08. The van der Waals surface area contributed by atoms with Crippen molar-refractivity contribution in [1.29, 1.82) is 5.26 Å². The topological polar surface area (TPSA) is 47.3 Å². The summed E-state index contributed by atoms with van der Waals surface area (Å²) in [5.74, 6) is 0. The molecule has 2 rings (SSSR count). The molecule has 3 heteroatoms. The van der Waals surface area contributed by atoms with E-state index >= 15 is 0 Å². The summed E-state index contributed by atoms with van der Waals surface area (Å²) in [6.45, 7) is 4.98. The van der Waals surface area contributed by atoms with Crippen LogP contribution in [-0.2, 0) is 0 Å². The van der Waals surface area contributed by atoms with Crippen LogP contribution >= 0.6 is 0 Å². The molecule has 1 aliphatic rings. The largest absolute Gasteiger partial charge is 0.389 e. The average Bonchev–Trinajstić information content (AvgIpc) is 3.23. The molecule has 0 spiro atoms. The minimum absolute atomic E-state index is 0.495. The second-order valence-corrected chi connectivity index (χ2v) is 5.34. The molecule has 1 aliphatic carbocycles. The third-order valence-electron chi connectivity index (χ3n) is 3.66. The maximum atomic E-state index is 9.94. The normalized spacial score (nSPS) is 15.9. The fraction of sp³-hybridized carbons (Fsp3) is 0.562. The number of hydrogen-bond acceptors (Lipinski definition) is 3. The fourth-order valence-electron chi connectivity index (χ4n) is 2.43. The Morgan fingerprint density at radius 1 is 1.47 bits per heavy atom. The van der Waals surface area contributed by atoms with Gasteiger partial charge in [0, 0.05) is 23.8 Å². The molecular formula is C16H22N2O. The first-order valence-corrected chi connectivity index (χ1v) is 7.16. The van der Waals surface area contributed by atoms with Crippen LogP contribution in [0, 0.1) is 11.3 Å². The van der Waals surface area contributed by atoms with Gasteiger partial charge in [-0.3, -0.25) is 0 Å². The summed E-state index contributed by atoms with van der Waals surface area (Å²) in [5, 5.41) is 19.0. The van der Waals surface area contributed by atoms with E-state index in [9.17, 15) is 5.11 Å². The van der Waals surface area contributed by atoms with Gasteiger partial charge < -0.3 is 10.0 Å². The van der Waals surface area contributed by atoms with E-state index in [4.69, 9.17) is 5.26 Å². The van der Waals surface area contributed by atoms with Crippen LogP contribution in [0.5, 0.6) is 0 Å². The van der Waals surface area contributed by atoms with Gasteiger partial charge in [0.2, 0.25) is 0 Å². The summed E-state index contributed by atoms with van der Waals surface area (Å²) in [6.07, 6.45) is 4.25. The SMILES string of the molecule is CCCCN(c1cc(C#N)ccc1[C@@H](C)O)C1CC1. The van der Waals surface area contributed by atoms with Crippen molar-refractivity contribution in [2.24, 2.45) is 0 Å². The van der Waals surface area contributed by atoms with Gasteiger partial charge in [-0.25, -0.2) is 0 Å². The Kier molecular flexibility index (Phi) is 4.44. The quantitative estimate of drug-likeness (QED) is 0.851. The number of nitriles is 1. The average molecular weight is 258 g/mol. The molecule has 0 saturated heterocycles. The predicted molar refractivity (Wildman–Crippen MR) is 77.1 cm³/mol. The Bertz CT molecular complexity index is 472. The summed E-state index contributed by atoms with van der Waals surface area (Å²) in [7, 11) is 0. The van der Waals surface area contributed by atoms with Crippen LogP contribution in [0.2, 0.25) is 0 Å². The van der Waals surface area contributed by atoms with E-state index in [0.717, 1.165) is 30.6 Å². The zero-order valence-corrected chi connectivity index (χ0v) is 11.8. The van der Waals surface area contributed by atoms with Crippen molar-refractivity contribution < 1.29 is 5.11 Å². The van der Waals surface area contributed by atoms with Gasteiger partial charge >= 0.3 is 0 Å². The third kappa shape index (κ3) is 3.27. The summed E-state index contributed by atoms with van der Waals surface area (Å²) in [5.41, 5.74) is 2.65. The van der Waals surface area contributed by atoms with Crippen LogP contribution in [0.3, 0.4) is 0 Å². The van der Waals surface area contributed by atoms with Crippen LogP contribution in [0.1, 0.15) is 56.8 Å². The summed E-state index contributed by atoms with van der Waals surface area (Å²) in [4.78, 5) is 2.38. The first-order valence-electron chi connectivity index (χ1n) is 7.16. The lowest BCUT2D eigenvalue weighted by atomic mass is 10.0. The molecule has 1 saturated carbocycles. The number of hydrogen-bond donors (Lipinski definition) is 1. The van der Waals surface area contributed by atoms with Gasteiger partial charge in [0.1, 0.15) is 0 Å². The number of anilines is 1. The van der Waals surface area contributed by atoms with Crippen molar-refractivity contribution in [3.63, 3.8) is 0 Å². The van der Waals surface area contributed by atoms with Crippen molar-refractivity contribution in [3.05, 3.63) is 29.3 Å². The Balaban J connectivity index is 2.35. The molecule has 0 unspecified atom stereocenters. The summed E-state index contributed by atoms with van der Waals surface area (Å²) < 4.78 is 0. The maximum Gasteiger partial charge on any atom is 0.0992 e. The first-order chi connectivity index (χ1) is 9.17. The number of unbranched alkanes of at least 4 members (excludes halogenated alkanes) is 1. The molecule has 0 bridgehead atoms. The molecule has 19 heavy (non-hydrogen) atoms. The van der Waals surface area contributed by atoms with E-state index in [-0.39, 0.29) is 0 Å². The van der Waals surface area contributed by atoms with E-state index in [1.165, 1.54) is 12.8 Å². The monoisotopic (exact) mass is 258 g/mol. The van der Waals surface area contributed by atoms with Crippen LogP contribution in [0.25, 0.3) is 0 Å². The molecule has 1 fully saturated rings. The molecule has 1 aromatic rings. The molecule has 0 aromatic heterocycles. The molecule has 0 amide bonds. The number of aliphatic hydroxyl groups is 1. The van der Waals surface area contributed by atoms with Crippen LogP contribution < -0.4 is 4.90 Å². The van der Waals surface area contributed by atoms with Gasteiger partial charge in [-0.2, -0.15) is 5.26 Å². The van der Waals surface area contributed by atoms with E-state index in [1.807, 2.05) is 12.1 Å². The predicted octanol–water partition coefficient (Wildman–Crippen LogP) is 3.38. The minimum atomic E-state index is -0.495. The highest BCUT2D eigenvalue weighted by molar-refractivity contribution is 5.59. The van der Waals surface area contributed by atoms with Gasteiger partial charge in [0.25, 0.3) is 0 Å². The number of nitrogens with zero attached hydrogens (tertiary/aromatic N) is 2. The molecule has 1 aromatic carbocycles. The van der Waals surface area contributed by atoms with Gasteiger partial charge in [0.05, 0.1) is 17.7 Å². The minimum Gasteiger partial charge on any atom is -0.389 e. The third-order valence-corrected chi connectivity index (χ3v) is 3.66. The van der Waals surface area contributed by atoms with Gasteiger partial charge in [-0.1, -0.05) is 19.4 Å². The lowest BCUT2D eigenvalue weighted by molar-refractivity contribution is 0.199. The molecule has 3 nitrogen and oxygen atoms in total. The number of aliphatic hydroxyl groups excluding tert-OH is 1. The zero-order chi connectivity index (χ0) is 13.8. The van der Waals surface area contributed by atoms with Crippen molar-refractivity contribution in [3.8, 4) is 6.07 Å². The van der Waals surface area contributed by atoms with Gasteiger partial charge in [0.15, 0.2) is 0 Å². The number of rotatable bonds is 6. The summed E-state index contributed by atoms with van der Waals surface area (Å²) >= 11 is 0. The lowest BCUT2D eigenvalue weighted by Gasteiger charge is -2.28. The van der Waals surface area contributed by atoms with Crippen molar-refractivity contribution in [2.45, 2.75) is 51.7 Å². The Hall–Kier alpha value is -1.53. The van der Waals surface area contributed by atoms with Gasteiger partial charge in [-0.05, 0) is 38.3 Å². The Morgan fingerprint density at radius 2 is 2.21 bits per heavy atom. The fourth-order valence-corrected chi connectivity index (χ4v) is 2.43. The van der Waals surface area contributed by atoms with Crippen LogP contribution in [-0.4, -0.2) is 17.7 Å². The molecule has 1 atom stereocenters. The van der Waals surface area contributed by atoms with E-state index in [0.29, 0.717) is 11.6 Å². The molecule has 1 N–H and O–H groups in total. The highest BCUT2D eigenvalue weighted by atomic mass is 16.3. The second-order valence-electron chi connectivity index (χ2n) is 5.34. The molecule has 0 heterocycles. The van der Waals surface area contributed by atoms with Crippen LogP contribution in [0.15, 0.2) is 18.2 Å². The van der Waals surface area contributed by atoms with Crippen LogP contribution in [0.4, 0.5) is 5.69 Å². The van der Waals surface area contributed by atoms with E-state index in [1.54, 1.807) is 13.0 Å². The highest BCUT2D eigenvalue weighted by Crippen LogP contribution is 2.36. The standard InChI is InChI=1S/C16H22N2O/c1-3-4-9-18(14-6-7-14)16-10-13(11-17)5-8-15(16)12(2)19/h5,8,10,12,14,19H,3-4,6-7,9H2,1-2H3/t12-/m1/s1. The molecule has 102 valence electrons.